The quantitative estimate of drug-likeness (QED) is 0.758. The van der Waals surface area contributed by atoms with Crippen LogP contribution in [0.15, 0.2) is 10.7 Å². The topological polar surface area (TPSA) is 99.6 Å². The van der Waals surface area contributed by atoms with Crippen LogP contribution in [0.5, 0.6) is 0 Å². The normalized spacial score (nSPS) is 20.4. The standard InChI is InChI=1S/C9H9N3O4/c10-3-6-4-12(1-2-15-6)9-11-7(5-16-9)8(13)14/h5-6H,1-2,4H2,(H,13,14). The van der Waals surface area contributed by atoms with Gasteiger partial charge in [0.05, 0.1) is 19.2 Å². The maximum Gasteiger partial charge on any atom is 0.357 e. The van der Waals surface area contributed by atoms with Crippen LogP contribution in [-0.2, 0) is 4.74 Å². The zero-order valence-corrected chi connectivity index (χ0v) is 8.29. The Balaban J connectivity index is 2.11. The molecule has 1 N–H and O–H groups in total. The summed E-state index contributed by atoms with van der Waals surface area (Å²) in [7, 11) is 0. The fraction of sp³-hybridized carbons (Fsp3) is 0.444. The third-order valence-corrected chi connectivity index (χ3v) is 2.19. The van der Waals surface area contributed by atoms with Gasteiger partial charge in [-0.1, -0.05) is 0 Å². The molecular formula is C9H9N3O4. The van der Waals surface area contributed by atoms with Gasteiger partial charge in [-0.15, -0.1) is 0 Å². The Morgan fingerprint density at radius 1 is 1.75 bits per heavy atom. The summed E-state index contributed by atoms with van der Waals surface area (Å²) in [6.07, 6.45) is 0.544. The minimum atomic E-state index is -1.14. The highest BCUT2D eigenvalue weighted by molar-refractivity contribution is 5.85. The molecule has 0 amide bonds. The van der Waals surface area contributed by atoms with E-state index in [-0.39, 0.29) is 11.7 Å². The van der Waals surface area contributed by atoms with Crippen molar-refractivity contribution in [1.29, 1.82) is 5.26 Å². The molecule has 7 nitrogen and oxygen atoms in total. The number of anilines is 1. The van der Waals surface area contributed by atoms with Crippen LogP contribution >= 0.6 is 0 Å². The van der Waals surface area contributed by atoms with E-state index >= 15 is 0 Å². The maximum atomic E-state index is 10.6. The van der Waals surface area contributed by atoms with E-state index in [4.69, 9.17) is 19.5 Å². The molecule has 0 saturated carbocycles. The molecule has 1 aromatic heterocycles. The number of rotatable bonds is 2. The number of hydrogen-bond acceptors (Lipinski definition) is 6. The highest BCUT2D eigenvalue weighted by Crippen LogP contribution is 2.16. The number of morpholine rings is 1. The molecule has 1 aliphatic heterocycles. The molecule has 1 aliphatic rings. The van der Waals surface area contributed by atoms with E-state index in [0.29, 0.717) is 19.7 Å². The summed E-state index contributed by atoms with van der Waals surface area (Å²) in [5.41, 5.74) is -0.144. The van der Waals surface area contributed by atoms with Gasteiger partial charge in [0.2, 0.25) is 0 Å². The molecule has 84 valence electrons. The predicted octanol–water partition coefficient (Wildman–Crippen LogP) is 0.102. The first-order valence-electron chi connectivity index (χ1n) is 4.65. The summed E-state index contributed by atoms with van der Waals surface area (Å²) in [4.78, 5) is 16.1. The number of nitriles is 1. The van der Waals surface area contributed by atoms with Gasteiger partial charge in [-0.3, -0.25) is 0 Å². The fourth-order valence-electron chi connectivity index (χ4n) is 1.41. The molecule has 2 rings (SSSR count). The lowest BCUT2D eigenvalue weighted by molar-refractivity contribution is 0.0690. The summed E-state index contributed by atoms with van der Waals surface area (Å²) >= 11 is 0. The number of ether oxygens (including phenoxy) is 1. The van der Waals surface area contributed by atoms with Crippen molar-refractivity contribution in [3.63, 3.8) is 0 Å². The van der Waals surface area contributed by atoms with Gasteiger partial charge in [0.25, 0.3) is 6.01 Å². The third kappa shape index (κ3) is 1.97. The number of hydrogen-bond donors (Lipinski definition) is 1. The monoisotopic (exact) mass is 223 g/mol. The van der Waals surface area contributed by atoms with Gasteiger partial charge in [0.15, 0.2) is 11.8 Å². The summed E-state index contributed by atoms with van der Waals surface area (Å²) in [6.45, 7) is 1.25. The number of aromatic nitrogens is 1. The van der Waals surface area contributed by atoms with Gasteiger partial charge in [0.1, 0.15) is 6.26 Å². The van der Waals surface area contributed by atoms with Gasteiger partial charge < -0.3 is 19.2 Å². The van der Waals surface area contributed by atoms with Crippen LogP contribution < -0.4 is 4.90 Å². The summed E-state index contributed by atoms with van der Waals surface area (Å²) in [6, 6.07) is 2.19. The molecular weight excluding hydrogens is 214 g/mol. The van der Waals surface area contributed by atoms with E-state index in [1.54, 1.807) is 4.90 Å². The number of aromatic carboxylic acids is 1. The van der Waals surface area contributed by atoms with E-state index in [9.17, 15) is 4.79 Å². The molecule has 0 aromatic carbocycles. The first-order chi connectivity index (χ1) is 7.70. The number of carboxylic acid groups (broad SMARTS) is 1. The lowest BCUT2D eigenvalue weighted by Gasteiger charge is -2.28. The van der Waals surface area contributed by atoms with Crippen molar-refractivity contribution in [3.8, 4) is 6.07 Å². The molecule has 0 bridgehead atoms. The first-order valence-corrected chi connectivity index (χ1v) is 4.65. The Hall–Kier alpha value is -2.07. The van der Waals surface area contributed by atoms with E-state index in [2.05, 4.69) is 4.98 Å². The average Bonchev–Trinajstić information content (AvgIpc) is 2.78. The Morgan fingerprint density at radius 3 is 3.19 bits per heavy atom. The Labute approximate surface area is 90.9 Å². The number of carbonyl (C=O) groups is 1. The van der Waals surface area contributed by atoms with E-state index in [1.165, 1.54) is 0 Å². The van der Waals surface area contributed by atoms with Crippen LogP contribution in [0.4, 0.5) is 6.01 Å². The average molecular weight is 223 g/mol. The van der Waals surface area contributed by atoms with Gasteiger partial charge in [-0.2, -0.15) is 10.2 Å². The minimum Gasteiger partial charge on any atom is -0.476 e. The molecule has 1 unspecified atom stereocenters. The van der Waals surface area contributed by atoms with E-state index in [1.807, 2.05) is 6.07 Å². The Kier molecular flexibility index (Phi) is 2.74. The second kappa shape index (κ2) is 4.20. The molecule has 1 aromatic rings. The van der Waals surface area contributed by atoms with E-state index in [0.717, 1.165) is 6.26 Å². The van der Waals surface area contributed by atoms with Crippen LogP contribution in [0.25, 0.3) is 0 Å². The molecule has 7 heteroatoms. The van der Waals surface area contributed by atoms with Crippen molar-refractivity contribution in [2.24, 2.45) is 0 Å². The minimum absolute atomic E-state index is 0.144. The molecule has 1 atom stereocenters. The third-order valence-electron chi connectivity index (χ3n) is 2.19. The lowest BCUT2D eigenvalue weighted by Crippen LogP contribution is -2.42. The molecule has 16 heavy (non-hydrogen) atoms. The van der Waals surface area contributed by atoms with Gasteiger partial charge in [-0.25, -0.2) is 4.79 Å². The van der Waals surface area contributed by atoms with Gasteiger partial charge in [-0.05, 0) is 0 Å². The summed E-state index contributed by atoms with van der Waals surface area (Å²) in [5.74, 6) is -1.14. The summed E-state index contributed by atoms with van der Waals surface area (Å²) in [5, 5.41) is 17.4. The zero-order chi connectivity index (χ0) is 11.5. The van der Waals surface area contributed by atoms with Crippen LogP contribution in [0.3, 0.4) is 0 Å². The lowest BCUT2D eigenvalue weighted by atomic mass is 10.3. The first kappa shape index (κ1) is 10.4. The van der Waals surface area contributed by atoms with Crippen LogP contribution in [0, 0.1) is 11.3 Å². The largest absolute Gasteiger partial charge is 0.476 e. The maximum absolute atomic E-state index is 10.6. The van der Waals surface area contributed by atoms with Crippen molar-refractivity contribution in [2.45, 2.75) is 6.10 Å². The van der Waals surface area contributed by atoms with Crippen LogP contribution in [0.2, 0.25) is 0 Å². The number of oxazole rings is 1. The Morgan fingerprint density at radius 2 is 2.56 bits per heavy atom. The highest BCUT2D eigenvalue weighted by Gasteiger charge is 2.24. The van der Waals surface area contributed by atoms with Crippen molar-refractivity contribution in [3.05, 3.63) is 12.0 Å². The van der Waals surface area contributed by atoms with Gasteiger partial charge >= 0.3 is 5.97 Å². The highest BCUT2D eigenvalue weighted by atomic mass is 16.5. The number of carboxylic acids is 1. The smallest absolute Gasteiger partial charge is 0.357 e. The molecule has 0 spiro atoms. The zero-order valence-electron chi connectivity index (χ0n) is 8.29. The van der Waals surface area contributed by atoms with Crippen molar-refractivity contribution < 1.29 is 19.1 Å². The molecule has 2 heterocycles. The van der Waals surface area contributed by atoms with Gasteiger partial charge in [0, 0.05) is 6.54 Å². The molecule has 1 saturated heterocycles. The Bertz CT molecular complexity index is 436. The molecule has 0 aliphatic carbocycles. The van der Waals surface area contributed by atoms with E-state index < -0.39 is 12.1 Å². The van der Waals surface area contributed by atoms with Crippen molar-refractivity contribution >= 4 is 12.0 Å². The second-order valence-electron chi connectivity index (χ2n) is 3.26. The molecule has 1 fully saturated rings. The SMILES string of the molecule is N#CC1CN(c2nc(C(=O)O)co2)CCO1. The van der Waals surface area contributed by atoms with Crippen molar-refractivity contribution in [1.82, 2.24) is 4.98 Å². The molecule has 0 radical (unpaired) electrons. The summed E-state index contributed by atoms with van der Waals surface area (Å²) < 4.78 is 10.2. The second-order valence-corrected chi connectivity index (χ2v) is 3.26. The van der Waals surface area contributed by atoms with Crippen LogP contribution in [0.1, 0.15) is 10.5 Å². The predicted molar refractivity (Wildman–Crippen MR) is 51.0 cm³/mol. The number of nitrogens with zero attached hydrogens (tertiary/aromatic N) is 3. The fourth-order valence-corrected chi connectivity index (χ4v) is 1.41. The van der Waals surface area contributed by atoms with Crippen LogP contribution in [-0.4, -0.2) is 41.9 Å². The van der Waals surface area contributed by atoms with Crippen molar-refractivity contribution in [2.75, 3.05) is 24.6 Å².